The first-order chi connectivity index (χ1) is 7.88. The maximum atomic E-state index is 12.0. The minimum absolute atomic E-state index is 0.0599. The third kappa shape index (κ3) is 5.04. The van der Waals surface area contributed by atoms with E-state index >= 15 is 0 Å². The molecule has 2 atom stereocenters. The Bertz CT molecular complexity index is 315. The molecule has 0 aromatic heterocycles. The Morgan fingerprint density at radius 1 is 1.39 bits per heavy atom. The second-order valence-electron chi connectivity index (χ2n) is 6.55. The molecular formula is C14H28O3Si. The smallest absolute Gasteiger partial charge is 0.193 e. The zero-order valence-electron chi connectivity index (χ0n) is 12.8. The average molecular weight is 272 g/mol. The van der Waals surface area contributed by atoms with Crippen molar-refractivity contribution >= 4 is 14.1 Å². The Labute approximate surface area is 112 Å². The van der Waals surface area contributed by atoms with E-state index in [1.165, 1.54) is 0 Å². The van der Waals surface area contributed by atoms with Gasteiger partial charge in [0.25, 0.3) is 0 Å². The van der Waals surface area contributed by atoms with Gasteiger partial charge in [-0.1, -0.05) is 32.9 Å². The monoisotopic (exact) mass is 272 g/mol. The highest BCUT2D eigenvalue weighted by molar-refractivity contribution is 6.74. The lowest BCUT2D eigenvalue weighted by Gasteiger charge is -2.38. The summed E-state index contributed by atoms with van der Waals surface area (Å²) in [7, 11) is -1.93. The third-order valence-electron chi connectivity index (χ3n) is 3.69. The molecule has 0 aliphatic heterocycles. The summed E-state index contributed by atoms with van der Waals surface area (Å²) in [6, 6.07) is 0. The summed E-state index contributed by atoms with van der Waals surface area (Å²) >= 11 is 0. The molecule has 0 rings (SSSR count). The number of aliphatic hydroxyl groups is 1. The summed E-state index contributed by atoms with van der Waals surface area (Å²) < 4.78 is 5.99. The Balaban J connectivity index is 4.55. The molecule has 0 radical (unpaired) electrons. The standard InChI is InChI=1S/C14H28O3Si/c1-10(2)12(15)9-13(16)11(3)17-18(7,8)14(4,5)6/h11-12,15H,1,9H2,2-8H3/t11-,12+/m0/s1. The van der Waals surface area contributed by atoms with Crippen LogP contribution in [0.5, 0.6) is 0 Å². The van der Waals surface area contributed by atoms with Crippen molar-refractivity contribution in [2.24, 2.45) is 0 Å². The van der Waals surface area contributed by atoms with Crippen molar-refractivity contribution in [1.29, 1.82) is 0 Å². The van der Waals surface area contributed by atoms with Crippen molar-refractivity contribution in [2.75, 3.05) is 0 Å². The van der Waals surface area contributed by atoms with Crippen molar-refractivity contribution in [1.82, 2.24) is 0 Å². The van der Waals surface area contributed by atoms with Gasteiger partial charge in [-0.05, 0) is 32.0 Å². The van der Waals surface area contributed by atoms with Gasteiger partial charge in [-0.25, -0.2) is 0 Å². The molecule has 0 aromatic carbocycles. The molecule has 4 heteroatoms. The van der Waals surface area contributed by atoms with Crippen LogP contribution in [-0.2, 0) is 9.22 Å². The minimum Gasteiger partial charge on any atom is -0.407 e. The third-order valence-corrected chi connectivity index (χ3v) is 8.25. The van der Waals surface area contributed by atoms with Crippen LogP contribution in [0.2, 0.25) is 18.1 Å². The van der Waals surface area contributed by atoms with Gasteiger partial charge in [-0.2, -0.15) is 0 Å². The first-order valence-corrected chi connectivity index (χ1v) is 9.33. The highest BCUT2D eigenvalue weighted by atomic mass is 28.4. The van der Waals surface area contributed by atoms with Crippen LogP contribution >= 0.6 is 0 Å². The SMILES string of the molecule is C=C(C)[C@H](O)CC(=O)[C@H](C)O[Si](C)(C)C(C)(C)C. The largest absolute Gasteiger partial charge is 0.407 e. The number of carbonyl (C=O) groups is 1. The second-order valence-corrected chi connectivity index (χ2v) is 11.3. The van der Waals surface area contributed by atoms with E-state index in [2.05, 4.69) is 40.4 Å². The van der Waals surface area contributed by atoms with Gasteiger partial charge < -0.3 is 9.53 Å². The highest BCUT2D eigenvalue weighted by Gasteiger charge is 2.39. The van der Waals surface area contributed by atoms with Crippen LogP contribution in [0, 0.1) is 0 Å². The summed E-state index contributed by atoms with van der Waals surface area (Å²) in [6.07, 6.45) is -1.13. The summed E-state index contributed by atoms with van der Waals surface area (Å²) in [5.41, 5.74) is 0.614. The fraction of sp³-hybridized carbons (Fsp3) is 0.786. The van der Waals surface area contributed by atoms with Crippen LogP contribution in [0.25, 0.3) is 0 Å². The molecule has 0 aliphatic rings. The first kappa shape index (κ1) is 17.5. The molecule has 0 aromatic rings. The lowest BCUT2D eigenvalue weighted by molar-refractivity contribution is -0.127. The lowest BCUT2D eigenvalue weighted by Crippen LogP contribution is -2.45. The maximum Gasteiger partial charge on any atom is 0.193 e. The predicted molar refractivity (Wildman–Crippen MR) is 78.2 cm³/mol. The lowest BCUT2D eigenvalue weighted by atomic mass is 10.1. The van der Waals surface area contributed by atoms with E-state index in [9.17, 15) is 9.90 Å². The van der Waals surface area contributed by atoms with Crippen LogP contribution in [0.3, 0.4) is 0 Å². The topological polar surface area (TPSA) is 46.5 Å². The van der Waals surface area contributed by atoms with Crippen LogP contribution < -0.4 is 0 Å². The van der Waals surface area contributed by atoms with Crippen molar-refractivity contribution in [2.45, 2.75) is 71.4 Å². The number of aliphatic hydroxyl groups excluding tert-OH is 1. The molecule has 0 bridgehead atoms. The van der Waals surface area contributed by atoms with Crippen molar-refractivity contribution < 1.29 is 14.3 Å². The zero-order chi connectivity index (χ0) is 14.7. The quantitative estimate of drug-likeness (QED) is 0.596. The van der Waals surface area contributed by atoms with Gasteiger partial charge >= 0.3 is 0 Å². The molecule has 3 nitrogen and oxygen atoms in total. The van der Waals surface area contributed by atoms with E-state index in [4.69, 9.17) is 4.43 Å². The number of rotatable bonds is 6. The van der Waals surface area contributed by atoms with E-state index in [1.807, 2.05) is 0 Å². The molecule has 0 fully saturated rings. The highest BCUT2D eigenvalue weighted by Crippen LogP contribution is 2.37. The summed E-state index contributed by atoms with van der Waals surface area (Å²) in [6.45, 7) is 17.8. The zero-order valence-corrected chi connectivity index (χ0v) is 13.8. The Kier molecular flexibility index (Phi) is 5.97. The molecule has 0 aliphatic carbocycles. The van der Waals surface area contributed by atoms with E-state index in [0.717, 1.165) is 0 Å². The number of carbonyl (C=O) groups excluding carboxylic acids is 1. The van der Waals surface area contributed by atoms with Gasteiger partial charge in [0.1, 0.15) is 6.10 Å². The van der Waals surface area contributed by atoms with Crippen molar-refractivity contribution in [3.8, 4) is 0 Å². The Hall–Kier alpha value is -0.453. The van der Waals surface area contributed by atoms with Gasteiger partial charge in [0.2, 0.25) is 0 Å². The van der Waals surface area contributed by atoms with Crippen LogP contribution in [-0.4, -0.2) is 31.4 Å². The minimum atomic E-state index is -1.93. The molecule has 0 heterocycles. The molecular weight excluding hydrogens is 244 g/mol. The summed E-state index contributed by atoms with van der Waals surface area (Å²) in [5, 5.41) is 9.72. The van der Waals surface area contributed by atoms with E-state index in [0.29, 0.717) is 5.57 Å². The van der Waals surface area contributed by atoms with Gasteiger partial charge in [0.15, 0.2) is 14.1 Å². The fourth-order valence-electron chi connectivity index (χ4n) is 1.22. The Morgan fingerprint density at radius 3 is 2.17 bits per heavy atom. The molecule has 0 saturated carbocycles. The molecule has 0 spiro atoms. The summed E-state index contributed by atoms with van der Waals surface area (Å²) in [4.78, 5) is 12.0. The normalized spacial score (nSPS) is 16.2. The molecule has 106 valence electrons. The van der Waals surface area contributed by atoms with Crippen LogP contribution in [0.4, 0.5) is 0 Å². The van der Waals surface area contributed by atoms with Crippen molar-refractivity contribution in [3.63, 3.8) is 0 Å². The van der Waals surface area contributed by atoms with Crippen LogP contribution in [0.1, 0.15) is 41.0 Å². The Morgan fingerprint density at radius 2 is 1.83 bits per heavy atom. The number of hydrogen-bond acceptors (Lipinski definition) is 3. The number of ketones is 1. The van der Waals surface area contributed by atoms with Gasteiger partial charge in [0.05, 0.1) is 6.10 Å². The first-order valence-electron chi connectivity index (χ1n) is 6.42. The van der Waals surface area contributed by atoms with Gasteiger partial charge in [-0.3, -0.25) is 4.79 Å². The van der Waals surface area contributed by atoms with E-state index in [1.54, 1.807) is 13.8 Å². The average Bonchev–Trinajstić information content (AvgIpc) is 2.14. The van der Waals surface area contributed by atoms with Crippen LogP contribution in [0.15, 0.2) is 12.2 Å². The molecule has 18 heavy (non-hydrogen) atoms. The van der Waals surface area contributed by atoms with Gasteiger partial charge in [0, 0.05) is 6.42 Å². The second kappa shape index (κ2) is 6.13. The van der Waals surface area contributed by atoms with E-state index in [-0.39, 0.29) is 17.2 Å². The summed E-state index contributed by atoms with van der Waals surface area (Å²) in [5.74, 6) is -0.0599. The molecule has 0 saturated heterocycles. The molecule has 0 amide bonds. The van der Waals surface area contributed by atoms with Gasteiger partial charge in [-0.15, -0.1) is 0 Å². The number of Topliss-reactive ketones (excluding diaryl/α,β-unsaturated/α-hetero) is 1. The molecule has 1 N–H and O–H groups in total. The van der Waals surface area contributed by atoms with E-state index < -0.39 is 20.5 Å². The molecule has 0 unspecified atom stereocenters. The van der Waals surface area contributed by atoms with Crippen molar-refractivity contribution in [3.05, 3.63) is 12.2 Å². The fourth-order valence-corrected chi connectivity index (χ4v) is 2.58. The number of hydrogen-bond donors (Lipinski definition) is 1. The maximum absolute atomic E-state index is 12.0. The predicted octanol–water partition coefficient (Wildman–Crippen LogP) is 3.29.